The summed E-state index contributed by atoms with van der Waals surface area (Å²) in [4.78, 5) is 15.5. The van der Waals surface area contributed by atoms with Crippen molar-refractivity contribution in [1.82, 2.24) is 4.90 Å². The van der Waals surface area contributed by atoms with E-state index in [-0.39, 0.29) is 17.8 Å². The summed E-state index contributed by atoms with van der Waals surface area (Å²) >= 11 is 0. The van der Waals surface area contributed by atoms with Crippen LogP contribution in [0.4, 0.5) is 0 Å². The number of ether oxygens (including phenoxy) is 1. The molecule has 0 N–H and O–H groups in total. The Morgan fingerprint density at radius 2 is 2.07 bits per heavy atom. The molecule has 5 rings (SSSR count). The minimum absolute atomic E-state index is 0. The van der Waals surface area contributed by atoms with Gasteiger partial charge in [0.2, 0.25) is 0 Å². The highest BCUT2D eigenvalue weighted by Crippen LogP contribution is 2.57. The number of hydrogen-bond donors (Lipinski definition) is 0. The van der Waals surface area contributed by atoms with Crippen LogP contribution in [0.3, 0.4) is 0 Å². The van der Waals surface area contributed by atoms with Gasteiger partial charge >= 0.3 is 0 Å². The zero-order chi connectivity index (χ0) is 17.9. The normalized spacial score (nSPS) is 35.5. The Labute approximate surface area is 169 Å². The molecule has 27 heavy (non-hydrogen) atoms. The average Bonchev–Trinajstić information content (AvgIpc) is 2.58. The monoisotopic (exact) mass is 389 g/mol. The minimum atomic E-state index is 0. The van der Waals surface area contributed by atoms with Gasteiger partial charge in [-0.15, -0.1) is 12.4 Å². The van der Waals surface area contributed by atoms with Crippen molar-refractivity contribution in [3.05, 3.63) is 29.3 Å². The summed E-state index contributed by atoms with van der Waals surface area (Å²) in [6, 6.07) is 7.25. The van der Waals surface area contributed by atoms with E-state index in [1.165, 1.54) is 36.9 Å². The number of nitrogens with zero attached hydrogens (tertiary/aromatic N) is 1. The van der Waals surface area contributed by atoms with Gasteiger partial charge in [-0.2, -0.15) is 0 Å². The molecule has 4 atom stereocenters. The third-order valence-corrected chi connectivity index (χ3v) is 8.04. The lowest BCUT2D eigenvalue weighted by atomic mass is 9.49. The third-order valence-electron chi connectivity index (χ3n) is 8.04. The van der Waals surface area contributed by atoms with Gasteiger partial charge in [0.25, 0.3) is 0 Å². The fraction of sp³-hybridized carbons (Fsp3) is 0.696. The molecule has 2 saturated carbocycles. The highest BCUT2D eigenvalue weighted by Gasteiger charge is 2.58. The van der Waals surface area contributed by atoms with Gasteiger partial charge in [0.1, 0.15) is 11.5 Å². The second-order valence-electron chi connectivity index (χ2n) is 9.42. The van der Waals surface area contributed by atoms with Gasteiger partial charge in [-0.25, -0.2) is 0 Å². The molecule has 1 aromatic carbocycles. The van der Waals surface area contributed by atoms with Crippen LogP contribution in [0.15, 0.2) is 18.2 Å². The molecule has 3 nitrogen and oxygen atoms in total. The summed E-state index contributed by atoms with van der Waals surface area (Å²) in [5.74, 6) is 3.44. The number of ketones is 1. The first-order chi connectivity index (χ1) is 12.6. The van der Waals surface area contributed by atoms with E-state index >= 15 is 0 Å². The number of likely N-dealkylation sites (tertiary alicyclic amines) is 1. The SMILES string of the molecule is COc1ccc2c(c1)[C@]13CCN(CC4CCC4)[C@H](C2)[C@@H]1C(C)CC(=O)C3.Cl. The second-order valence-corrected chi connectivity index (χ2v) is 9.42. The molecular weight excluding hydrogens is 358 g/mol. The molecule has 2 bridgehead atoms. The topological polar surface area (TPSA) is 29.5 Å². The van der Waals surface area contributed by atoms with E-state index in [0.717, 1.165) is 43.9 Å². The van der Waals surface area contributed by atoms with Gasteiger partial charge in [0.05, 0.1) is 7.11 Å². The van der Waals surface area contributed by atoms with E-state index in [0.29, 0.717) is 23.7 Å². The van der Waals surface area contributed by atoms with Crippen molar-refractivity contribution in [2.45, 2.75) is 63.3 Å². The van der Waals surface area contributed by atoms with E-state index in [4.69, 9.17) is 4.74 Å². The predicted molar refractivity (Wildman–Crippen MR) is 110 cm³/mol. The molecular formula is C23H32ClNO2. The molecule has 3 aliphatic carbocycles. The van der Waals surface area contributed by atoms with Crippen LogP contribution in [0, 0.1) is 17.8 Å². The summed E-state index contributed by atoms with van der Waals surface area (Å²) in [5, 5.41) is 0. The van der Waals surface area contributed by atoms with Crippen molar-refractivity contribution in [1.29, 1.82) is 0 Å². The van der Waals surface area contributed by atoms with Crippen molar-refractivity contribution >= 4 is 18.2 Å². The number of carbonyl (C=O) groups excluding carboxylic acids is 1. The zero-order valence-corrected chi connectivity index (χ0v) is 17.4. The molecule has 4 heteroatoms. The number of methoxy groups -OCH3 is 1. The van der Waals surface area contributed by atoms with E-state index in [2.05, 4.69) is 30.0 Å². The zero-order valence-electron chi connectivity index (χ0n) is 16.6. The summed E-state index contributed by atoms with van der Waals surface area (Å²) in [5.41, 5.74) is 2.95. The third kappa shape index (κ3) is 2.93. The number of hydrogen-bond acceptors (Lipinski definition) is 3. The number of halogens is 1. The van der Waals surface area contributed by atoms with Gasteiger partial charge in [0.15, 0.2) is 0 Å². The lowest BCUT2D eigenvalue weighted by Gasteiger charge is -2.61. The summed E-state index contributed by atoms with van der Waals surface area (Å²) in [7, 11) is 1.75. The van der Waals surface area contributed by atoms with Crippen LogP contribution >= 0.6 is 12.4 Å². The predicted octanol–water partition coefficient (Wildman–Crippen LogP) is 4.40. The molecule has 0 amide bonds. The van der Waals surface area contributed by atoms with Gasteiger partial charge < -0.3 is 4.74 Å². The molecule has 1 saturated heterocycles. The first-order valence-corrected chi connectivity index (χ1v) is 10.5. The Morgan fingerprint density at radius 3 is 2.78 bits per heavy atom. The van der Waals surface area contributed by atoms with Gasteiger partial charge in [-0.05, 0) is 73.2 Å². The Balaban J connectivity index is 0.00000180. The fourth-order valence-electron chi connectivity index (χ4n) is 6.76. The van der Waals surface area contributed by atoms with Crippen LogP contribution in [-0.4, -0.2) is 36.9 Å². The van der Waals surface area contributed by atoms with Crippen LogP contribution in [0.2, 0.25) is 0 Å². The lowest BCUT2D eigenvalue weighted by Crippen LogP contribution is -2.64. The van der Waals surface area contributed by atoms with E-state index < -0.39 is 0 Å². The smallest absolute Gasteiger partial charge is 0.134 e. The first-order valence-electron chi connectivity index (χ1n) is 10.5. The number of carbonyl (C=O) groups is 1. The van der Waals surface area contributed by atoms with Crippen LogP contribution < -0.4 is 4.74 Å². The largest absolute Gasteiger partial charge is 0.497 e. The van der Waals surface area contributed by atoms with Crippen molar-refractivity contribution in [3.8, 4) is 5.75 Å². The molecule has 3 fully saturated rings. The first kappa shape index (κ1) is 19.3. The van der Waals surface area contributed by atoms with Crippen molar-refractivity contribution in [3.63, 3.8) is 0 Å². The maximum atomic E-state index is 12.7. The molecule has 1 aliphatic heterocycles. The average molecular weight is 390 g/mol. The number of fused-ring (bicyclic) bond motifs is 1. The standard InChI is InChI=1S/C23H31NO2.ClH/c1-15-10-18(25)13-23-8-9-24(14-16-4-3-5-16)21(22(15)23)11-17-6-7-19(26-2)12-20(17)23;/h6-7,12,15-16,21-22H,3-5,8-11,13-14H2,1-2H3;1H/t15?,21-,22+,23-;/m1./s1. The summed E-state index contributed by atoms with van der Waals surface area (Å²) < 4.78 is 5.55. The number of piperidine rings is 1. The van der Waals surface area contributed by atoms with E-state index in [1.54, 1.807) is 7.11 Å². The number of Topliss-reactive ketones (excluding diaryl/α,β-unsaturated/α-hetero) is 1. The molecule has 0 aromatic heterocycles. The quantitative estimate of drug-likeness (QED) is 0.767. The maximum Gasteiger partial charge on any atom is 0.134 e. The molecule has 4 aliphatic rings. The Bertz CT molecular complexity index is 731. The molecule has 0 spiro atoms. The highest BCUT2D eigenvalue weighted by atomic mass is 35.5. The van der Waals surface area contributed by atoms with Crippen LogP contribution in [0.25, 0.3) is 0 Å². The van der Waals surface area contributed by atoms with Crippen LogP contribution in [0.1, 0.15) is 56.6 Å². The number of rotatable bonds is 3. The van der Waals surface area contributed by atoms with Crippen molar-refractivity contribution in [2.24, 2.45) is 17.8 Å². The van der Waals surface area contributed by atoms with Crippen molar-refractivity contribution in [2.75, 3.05) is 20.2 Å². The van der Waals surface area contributed by atoms with Gasteiger partial charge in [-0.1, -0.05) is 19.4 Å². The highest BCUT2D eigenvalue weighted by molar-refractivity contribution is 5.85. The molecule has 1 heterocycles. The Hall–Kier alpha value is -1.06. The molecule has 1 aromatic rings. The molecule has 0 radical (unpaired) electrons. The maximum absolute atomic E-state index is 12.7. The van der Waals surface area contributed by atoms with Crippen LogP contribution in [-0.2, 0) is 16.6 Å². The van der Waals surface area contributed by atoms with Crippen molar-refractivity contribution < 1.29 is 9.53 Å². The lowest BCUT2D eigenvalue weighted by molar-refractivity contribution is -0.131. The number of benzene rings is 1. The Morgan fingerprint density at radius 1 is 1.26 bits per heavy atom. The van der Waals surface area contributed by atoms with E-state index in [1.807, 2.05) is 0 Å². The summed E-state index contributed by atoms with van der Waals surface area (Å²) in [6.45, 7) is 4.78. The second kappa shape index (κ2) is 7.08. The molecule has 1 unspecified atom stereocenters. The minimum Gasteiger partial charge on any atom is -0.497 e. The molecule has 148 valence electrons. The van der Waals surface area contributed by atoms with E-state index in [9.17, 15) is 4.79 Å². The van der Waals surface area contributed by atoms with Gasteiger partial charge in [-0.3, -0.25) is 9.69 Å². The summed E-state index contributed by atoms with van der Waals surface area (Å²) in [6.07, 6.45) is 8.06. The Kier molecular flexibility index (Phi) is 5.05. The van der Waals surface area contributed by atoms with Gasteiger partial charge in [0, 0.05) is 30.8 Å². The fourth-order valence-corrected chi connectivity index (χ4v) is 6.76. The van der Waals surface area contributed by atoms with Crippen LogP contribution in [0.5, 0.6) is 5.75 Å².